The first kappa shape index (κ1) is 11.6. The summed E-state index contributed by atoms with van der Waals surface area (Å²) in [7, 11) is 0. The minimum atomic E-state index is -0.417. The number of rotatable bonds is 1. The number of aliphatic hydroxyl groups excluding tert-OH is 1. The highest BCUT2D eigenvalue weighted by atomic mass is 16.5. The van der Waals surface area contributed by atoms with Crippen molar-refractivity contribution in [1.29, 1.82) is 0 Å². The van der Waals surface area contributed by atoms with E-state index in [-0.39, 0.29) is 35.1 Å². The lowest BCUT2D eigenvalue weighted by Gasteiger charge is -2.30. The molecule has 0 aromatic rings. The summed E-state index contributed by atoms with van der Waals surface area (Å²) in [6.07, 6.45) is 2.18. The fourth-order valence-electron chi connectivity index (χ4n) is 4.86. The maximum atomic E-state index is 12.6. The molecule has 0 aromatic heterocycles. The molecule has 3 atom stereocenters. The summed E-state index contributed by atoms with van der Waals surface area (Å²) in [5.41, 5.74) is 0.841. The average molecular weight is 262 g/mol. The van der Waals surface area contributed by atoms with E-state index in [1.165, 1.54) is 0 Å². The van der Waals surface area contributed by atoms with Gasteiger partial charge in [-0.2, -0.15) is 0 Å². The summed E-state index contributed by atoms with van der Waals surface area (Å²) in [6.45, 7) is 4.23. The summed E-state index contributed by atoms with van der Waals surface area (Å²) >= 11 is 0. The molecule has 4 nitrogen and oxygen atoms in total. The second kappa shape index (κ2) is 2.95. The van der Waals surface area contributed by atoms with Crippen LogP contribution in [0.4, 0.5) is 0 Å². The Morgan fingerprint density at radius 3 is 2.74 bits per heavy atom. The number of ketones is 1. The van der Waals surface area contributed by atoms with E-state index >= 15 is 0 Å². The van der Waals surface area contributed by atoms with E-state index in [2.05, 4.69) is 0 Å². The summed E-state index contributed by atoms with van der Waals surface area (Å²) in [5.74, 6) is -0.151. The summed E-state index contributed by atoms with van der Waals surface area (Å²) in [5, 5.41) is 9.79. The van der Waals surface area contributed by atoms with Gasteiger partial charge in [0, 0.05) is 22.3 Å². The van der Waals surface area contributed by atoms with Gasteiger partial charge in [0.15, 0.2) is 5.78 Å². The highest BCUT2D eigenvalue weighted by Gasteiger charge is 2.82. The lowest BCUT2D eigenvalue weighted by atomic mass is 9.71. The number of hydrogen-bond donors (Lipinski definition) is 1. The molecule has 1 aliphatic heterocycles. The zero-order valence-corrected chi connectivity index (χ0v) is 11.3. The molecule has 3 aliphatic carbocycles. The predicted octanol–water partition coefficient (Wildman–Crippen LogP) is 1.23. The van der Waals surface area contributed by atoms with Crippen molar-refractivity contribution >= 4 is 11.8 Å². The van der Waals surface area contributed by atoms with Crippen LogP contribution in [0, 0.1) is 22.2 Å². The Labute approximate surface area is 111 Å². The Hall–Kier alpha value is -1.16. The van der Waals surface area contributed by atoms with Crippen molar-refractivity contribution < 1.29 is 19.4 Å². The maximum Gasteiger partial charge on any atom is 0.313 e. The predicted molar refractivity (Wildman–Crippen MR) is 66.1 cm³/mol. The van der Waals surface area contributed by atoms with E-state index in [1.54, 1.807) is 0 Å². The van der Waals surface area contributed by atoms with Crippen molar-refractivity contribution in [2.45, 2.75) is 33.1 Å². The average Bonchev–Trinajstić information content (AvgIpc) is 2.87. The SMILES string of the molecule is CC1(C)CC2=C(C1=O)C(CO)C13COC(=O)C1(C2)C3. The fourth-order valence-corrected chi connectivity index (χ4v) is 4.86. The Kier molecular flexibility index (Phi) is 1.81. The van der Waals surface area contributed by atoms with E-state index < -0.39 is 5.41 Å². The molecule has 0 radical (unpaired) electrons. The minimum Gasteiger partial charge on any atom is -0.465 e. The van der Waals surface area contributed by atoms with Crippen LogP contribution in [0.3, 0.4) is 0 Å². The summed E-state index contributed by atoms with van der Waals surface area (Å²) in [6, 6.07) is 0. The first-order chi connectivity index (χ1) is 8.88. The van der Waals surface area contributed by atoms with E-state index in [0.29, 0.717) is 13.0 Å². The lowest BCUT2D eigenvalue weighted by molar-refractivity contribution is -0.144. The third kappa shape index (κ3) is 1.04. The van der Waals surface area contributed by atoms with E-state index in [0.717, 1.165) is 24.0 Å². The van der Waals surface area contributed by atoms with Crippen LogP contribution in [-0.2, 0) is 14.3 Å². The van der Waals surface area contributed by atoms with Gasteiger partial charge in [0.2, 0.25) is 0 Å². The highest BCUT2D eigenvalue weighted by molar-refractivity contribution is 6.05. The van der Waals surface area contributed by atoms with Crippen LogP contribution in [-0.4, -0.2) is 30.1 Å². The van der Waals surface area contributed by atoms with E-state index in [9.17, 15) is 14.7 Å². The molecule has 0 bridgehead atoms. The van der Waals surface area contributed by atoms with Gasteiger partial charge in [-0.3, -0.25) is 9.59 Å². The van der Waals surface area contributed by atoms with Crippen molar-refractivity contribution in [3.63, 3.8) is 0 Å². The standard InChI is InChI=1S/C15H18O4/c1-13(2)3-8-4-14-6-15(14,7-19-12(14)18)9(5-16)10(8)11(13)17/h9,16H,3-7H2,1-2H3. The van der Waals surface area contributed by atoms with Crippen LogP contribution in [0.1, 0.15) is 33.1 Å². The number of cyclic esters (lactones) is 1. The second-order valence-corrected chi connectivity index (χ2v) is 7.31. The van der Waals surface area contributed by atoms with E-state index in [4.69, 9.17) is 4.74 Å². The van der Waals surface area contributed by atoms with Crippen molar-refractivity contribution in [3.8, 4) is 0 Å². The molecule has 4 rings (SSSR count). The molecular formula is C15H18O4. The molecule has 19 heavy (non-hydrogen) atoms. The molecule has 0 spiro atoms. The third-order valence-electron chi connectivity index (χ3n) is 5.91. The topological polar surface area (TPSA) is 63.6 Å². The van der Waals surface area contributed by atoms with Gasteiger partial charge in [0.1, 0.15) is 0 Å². The molecule has 1 N–H and O–H groups in total. The smallest absolute Gasteiger partial charge is 0.313 e. The number of ether oxygens (including phenoxy) is 1. The fraction of sp³-hybridized carbons (Fsp3) is 0.733. The van der Waals surface area contributed by atoms with Crippen molar-refractivity contribution in [1.82, 2.24) is 0 Å². The van der Waals surface area contributed by atoms with Crippen LogP contribution < -0.4 is 0 Å². The maximum absolute atomic E-state index is 12.6. The lowest BCUT2D eigenvalue weighted by Crippen LogP contribution is -2.35. The van der Waals surface area contributed by atoms with Gasteiger partial charge in [-0.15, -0.1) is 0 Å². The molecule has 0 amide bonds. The quantitative estimate of drug-likeness (QED) is 0.722. The van der Waals surface area contributed by atoms with Crippen LogP contribution in [0.2, 0.25) is 0 Å². The second-order valence-electron chi connectivity index (χ2n) is 7.31. The van der Waals surface area contributed by atoms with Crippen LogP contribution in [0.25, 0.3) is 0 Å². The monoisotopic (exact) mass is 262 g/mol. The first-order valence-electron chi connectivity index (χ1n) is 6.93. The molecule has 4 heteroatoms. The Morgan fingerprint density at radius 1 is 1.32 bits per heavy atom. The Bertz CT molecular complexity index is 558. The molecular weight excluding hydrogens is 244 g/mol. The van der Waals surface area contributed by atoms with Gasteiger partial charge in [-0.25, -0.2) is 0 Å². The molecule has 1 saturated heterocycles. The zero-order valence-electron chi connectivity index (χ0n) is 11.3. The molecule has 1 saturated carbocycles. The third-order valence-corrected chi connectivity index (χ3v) is 5.91. The Morgan fingerprint density at radius 2 is 2.05 bits per heavy atom. The normalized spacial score (nSPS) is 45.7. The highest BCUT2D eigenvalue weighted by Crippen LogP contribution is 2.78. The van der Waals surface area contributed by atoms with Crippen LogP contribution in [0.15, 0.2) is 11.1 Å². The van der Waals surface area contributed by atoms with Crippen molar-refractivity contribution in [2.24, 2.45) is 22.2 Å². The number of hydrogen-bond acceptors (Lipinski definition) is 4. The summed E-state index contributed by atoms with van der Waals surface area (Å²) < 4.78 is 5.24. The van der Waals surface area contributed by atoms with Gasteiger partial charge in [0.05, 0.1) is 18.6 Å². The molecule has 2 fully saturated rings. The van der Waals surface area contributed by atoms with Gasteiger partial charge in [0.25, 0.3) is 0 Å². The van der Waals surface area contributed by atoms with Gasteiger partial charge < -0.3 is 9.84 Å². The van der Waals surface area contributed by atoms with Crippen LogP contribution in [0.5, 0.6) is 0 Å². The summed E-state index contributed by atoms with van der Waals surface area (Å²) in [4.78, 5) is 24.6. The molecule has 0 aromatic carbocycles. The number of aliphatic hydroxyl groups is 1. The largest absolute Gasteiger partial charge is 0.465 e. The first-order valence-corrected chi connectivity index (χ1v) is 6.93. The van der Waals surface area contributed by atoms with Crippen molar-refractivity contribution in [2.75, 3.05) is 13.2 Å². The number of carbonyl (C=O) groups is 2. The molecule has 1 heterocycles. The Balaban J connectivity index is 1.85. The van der Waals surface area contributed by atoms with Crippen molar-refractivity contribution in [3.05, 3.63) is 11.1 Å². The number of esters is 1. The number of Topliss-reactive ketones (excluding diaryl/α,β-unsaturated/α-hetero) is 1. The van der Waals surface area contributed by atoms with Crippen LogP contribution >= 0.6 is 0 Å². The molecule has 4 aliphatic rings. The van der Waals surface area contributed by atoms with Gasteiger partial charge in [-0.1, -0.05) is 19.4 Å². The number of carbonyl (C=O) groups excluding carboxylic acids is 2. The molecule has 102 valence electrons. The van der Waals surface area contributed by atoms with Gasteiger partial charge >= 0.3 is 5.97 Å². The zero-order chi connectivity index (χ0) is 13.6. The minimum absolute atomic E-state index is 0.0565. The number of allylic oxidation sites excluding steroid dienone is 1. The van der Waals surface area contributed by atoms with Gasteiger partial charge in [-0.05, 0) is 19.3 Å². The molecule has 3 unspecified atom stereocenters. The van der Waals surface area contributed by atoms with E-state index in [1.807, 2.05) is 13.8 Å².